The van der Waals surface area contributed by atoms with Gasteiger partial charge in [0.1, 0.15) is 11.5 Å². The average Bonchev–Trinajstić information content (AvgIpc) is 2.57. The van der Waals surface area contributed by atoms with Crippen molar-refractivity contribution in [3.63, 3.8) is 0 Å². The predicted octanol–water partition coefficient (Wildman–Crippen LogP) is 1.22. The van der Waals surface area contributed by atoms with Gasteiger partial charge < -0.3 is 10.3 Å². The summed E-state index contributed by atoms with van der Waals surface area (Å²) in [6.07, 6.45) is 5.14. The van der Waals surface area contributed by atoms with Crippen molar-refractivity contribution in [3.05, 3.63) is 23.2 Å². The summed E-state index contributed by atoms with van der Waals surface area (Å²) in [5.74, 6) is 0.951. The highest BCUT2D eigenvalue weighted by Crippen LogP contribution is 2.19. The Morgan fingerprint density at radius 1 is 1.43 bits per heavy atom. The number of nitrogen functional groups attached to an aromatic ring is 1. The molecule has 2 aromatic heterocycles. The van der Waals surface area contributed by atoms with Crippen molar-refractivity contribution in [3.8, 4) is 11.5 Å². The van der Waals surface area contributed by atoms with Gasteiger partial charge in [0.05, 0.1) is 10.8 Å². The van der Waals surface area contributed by atoms with Crippen molar-refractivity contribution < 1.29 is 0 Å². The molecule has 0 amide bonds. The van der Waals surface area contributed by atoms with Gasteiger partial charge in [-0.3, -0.25) is 0 Å². The van der Waals surface area contributed by atoms with E-state index >= 15 is 0 Å². The van der Waals surface area contributed by atoms with E-state index in [4.69, 9.17) is 5.73 Å². The lowest BCUT2D eigenvalue weighted by atomic mass is 10.4. The Hall–Kier alpha value is -1.43. The van der Waals surface area contributed by atoms with E-state index in [2.05, 4.69) is 30.9 Å². The van der Waals surface area contributed by atoms with E-state index in [0.717, 1.165) is 0 Å². The van der Waals surface area contributed by atoms with Gasteiger partial charge in [0.25, 0.3) is 0 Å². The van der Waals surface area contributed by atoms with Gasteiger partial charge in [0.2, 0.25) is 0 Å². The number of nitrogens with two attached hydrogens (primary N) is 1. The van der Waals surface area contributed by atoms with Crippen molar-refractivity contribution in [1.82, 2.24) is 19.5 Å². The molecule has 0 fully saturated rings. The molecule has 2 heterocycles. The van der Waals surface area contributed by atoms with Crippen molar-refractivity contribution in [2.24, 2.45) is 7.05 Å². The van der Waals surface area contributed by atoms with Crippen LogP contribution in [0.25, 0.3) is 11.5 Å². The number of imidazole rings is 1. The Morgan fingerprint density at radius 3 is 2.79 bits per heavy atom. The Kier molecular flexibility index (Phi) is 2.20. The third-order valence-electron chi connectivity index (χ3n) is 1.71. The normalized spacial score (nSPS) is 10.4. The van der Waals surface area contributed by atoms with E-state index in [-0.39, 0.29) is 0 Å². The molecule has 0 atom stereocenters. The SMILES string of the molecule is Cn1cnc(-c2ncc(Br)c(N)n2)c1. The number of hydrogen-bond acceptors (Lipinski definition) is 4. The third-order valence-corrected chi connectivity index (χ3v) is 2.32. The molecular formula is C8H8BrN5. The molecule has 2 N–H and O–H groups in total. The van der Waals surface area contributed by atoms with E-state index < -0.39 is 0 Å². The molecule has 14 heavy (non-hydrogen) atoms. The minimum atomic E-state index is 0.417. The van der Waals surface area contributed by atoms with E-state index in [9.17, 15) is 0 Å². The number of nitrogens with zero attached hydrogens (tertiary/aromatic N) is 4. The molecule has 0 spiro atoms. The van der Waals surface area contributed by atoms with Crippen LogP contribution in [0.5, 0.6) is 0 Å². The second kappa shape index (κ2) is 3.38. The zero-order valence-electron chi connectivity index (χ0n) is 7.48. The zero-order chi connectivity index (χ0) is 10.1. The summed E-state index contributed by atoms with van der Waals surface area (Å²) in [4.78, 5) is 12.3. The predicted molar refractivity (Wildman–Crippen MR) is 56.3 cm³/mol. The molecule has 0 unspecified atom stereocenters. The molecule has 0 bridgehead atoms. The Labute approximate surface area is 89.1 Å². The number of anilines is 1. The number of aryl methyl sites for hydroxylation is 1. The lowest BCUT2D eigenvalue weighted by molar-refractivity contribution is 0.913. The fraction of sp³-hybridized carbons (Fsp3) is 0.125. The van der Waals surface area contributed by atoms with Gasteiger partial charge in [-0.1, -0.05) is 0 Å². The lowest BCUT2D eigenvalue weighted by Gasteiger charge is -1.98. The number of rotatable bonds is 1. The highest BCUT2D eigenvalue weighted by molar-refractivity contribution is 9.10. The number of aromatic nitrogens is 4. The summed E-state index contributed by atoms with van der Waals surface area (Å²) in [6.45, 7) is 0. The van der Waals surface area contributed by atoms with Crippen LogP contribution in [0.15, 0.2) is 23.2 Å². The quantitative estimate of drug-likeness (QED) is 0.830. The second-order valence-corrected chi connectivity index (χ2v) is 3.71. The largest absolute Gasteiger partial charge is 0.383 e. The van der Waals surface area contributed by atoms with Gasteiger partial charge in [0.15, 0.2) is 5.82 Å². The smallest absolute Gasteiger partial charge is 0.181 e. The minimum absolute atomic E-state index is 0.417. The first-order valence-electron chi connectivity index (χ1n) is 3.93. The van der Waals surface area contributed by atoms with Crippen LogP contribution in [0.1, 0.15) is 0 Å². The van der Waals surface area contributed by atoms with Gasteiger partial charge >= 0.3 is 0 Å². The van der Waals surface area contributed by atoms with Crippen LogP contribution in [-0.2, 0) is 7.05 Å². The Bertz CT molecular complexity index is 465. The van der Waals surface area contributed by atoms with Crippen LogP contribution < -0.4 is 5.73 Å². The molecule has 0 radical (unpaired) electrons. The van der Waals surface area contributed by atoms with Gasteiger partial charge in [0, 0.05) is 19.4 Å². The molecule has 2 rings (SSSR count). The Balaban J connectivity index is 2.47. The van der Waals surface area contributed by atoms with Crippen molar-refractivity contribution in [1.29, 1.82) is 0 Å². The molecule has 0 aliphatic rings. The zero-order valence-corrected chi connectivity index (χ0v) is 9.06. The fourth-order valence-electron chi connectivity index (χ4n) is 1.03. The maximum Gasteiger partial charge on any atom is 0.181 e. The van der Waals surface area contributed by atoms with E-state index in [1.54, 1.807) is 12.5 Å². The van der Waals surface area contributed by atoms with Crippen LogP contribution in [-0.4, -0.2) is 19.5 Å². The topological polar surface area (TPSA) is 69.6 Å². The van der Waals surface area contributed by atoms with Gasteiger partial charge in [-0.05, 0) is 15.9 Å². The molecule has 0 aromatic carbocycles. The first-order chi connectivity index (χ1) is 6.66. The summed E-state index contributed by atoms with van der Waals surface area (Å²) in [6, 6.07) is 0. The molecule has 5 nitrogen and oxygen atoms in total. The van der Waals surface area contributed by atoms with Crippen LogP contribution in [0.3, 0.4) is 0 Å². The van der Waals surface area contributed by atoms with Gasteiger partial charge in [-0.15, -0.1) is 0 Å². The monoisotopic (exact) mass is 253 g/mol. The summed E-state index contributed by atoms with van der Waals surface area (Å²) >= 11 is 3.23. The molecule has 0 aliphatic carbocycles. The number of halogens is 1. The first-order valence-corrected chi connectivity index (χ1v) is 4.72. The summed E-state index contributed by atoms with van der Waals surface area (Å²) < 4.78 is 2.52. The molecule has 0 saturated heterocycles. The molecule has 0 saturated carbocycles. The van der Waals surface area contributed by atoms with Crippen LogP contribution >= 0.6 is 15.9 Å². The average molecular weight is 254 g/mol. The standard InChI is InChI=1S/C8H8BrN5/c1-14-3-6(12-4-14)8-11-2-5(9)7(10)13-8/h2-4H,1H3,(H2,10,11,13). The summed E-state index contributed by atoms with van der Waals surface area (Å²) in [7, 11) is 1.89. The van der Waals surface area contributed by atoms with Crippen LogP contribution in [0, 0.1) is 0 Å². The molecular weight excluding hydrogens is 246 g/mol. The lowest BCUT2D eigenvalue weighted by Crippen LogP contribution is -1.96. The Morgan fingerprint density at radius 2 is 2.21 bits per heavy atom. The fourth-order valence-corrected chi connectivity index (χ4v) is 1.22. The highest BCUT2D eigenvalue weighted by Gasteiger charge is 2.06. The van der Waals surface area contributed by atoms with Crippen LogP contribution in [0.4, 0.5) is 5.82 Å². The van der Waals surface area contributed by atoms with Crippen molar-refractivity contribution in [2.45, 2.75) is 0 Å². The summed E-state index contributed by atoms with van der Waals surface area (Å²) in [5.41, 5.74) is 6.35. The van der Waals surface area contributed by atoms with Gasteiger partial charge in [-0.25, -0.2) is 15.0 Å². The van der Waals surface area contributed by atoms with E-state index in [1.807, 2.05) is 17.8 Å². The van der Waals surface area contributed by atoms with Crippen LogP contribution in [0.2, 0.25) is 0 Å². The first kappa shape index (κ1) is 9.14. The highest BCUT2D eigenvalue weighted by atomic mass is 79.9. The van der Waals surface area contributed by atoms with Crippen molar-refractivity contribution >= 4 is 21.7 Å². The molecule has 0 aliphatic heterocycles. The molecule has 72 valence electrons. The minimum Gasteiger partial charge on any atom is -0.383 e. The second-order valence-electron chi connectivity index (χ2n) is 2.85. The van der Waals surface area contributed by atoms with Crippen molar-refractivity contribution in [2.75, 3.05) is 5.73 Å². The summed E-state index contributed by atoms with van der Waals surface area (Å²) in [5, 5.41) is 0. The molecule has 2 aromatic rings. The van der Waals surface area contributed by atoms with Gasteiger partial charge in [-0.2, -0.15) is 0 Å². The number of hydrogen-bond donors (Lipinski definition) is 1. The maximum atomic E-state index is 5.63. The molecule has 6 heteroatoms. The van der Waals surface area contributed by atoms with E-state index in [1.165, 1.54) is 0 Å². The van der Waals surface area contributed by atoms with E-state index in [0.29, 0.717) is 21.8 Å². The maximum absolute atomic E-state index is 5.63. The third kappa shape index (κ3) is 1.60.